The number of nitrogens with zero attached hydrogens (tertiary/aromatic N) is 5. The molecule has 0 spiro atoms. The molecule has 1 aliphatic heterocycles. The van der Waals surface area contributed by atoms with Crippen LogP contribution in [0.4, 0.5) is 10.2 Å². The van der Waals surface area contributed by atoms with E-state index >= 15 is 0 Å². The first-order valence-corrected chi connectivity index (χ1v) is 8.63. The summed E-state index contributed by atoms with van der Waals surface area (Å²) in [7, 11) is 0. The van der Waals surface area contributed by atoms with Crippen LogP contribution in [0.3, 0.4) is 0 Å². The maximum atomic E-state index is 12.9. The van der Waals surface area contributed by atoms with Crippen molar-refractivity contribution in [2.75, 3.05) is 18.0 Å². The molecule has 0 saturated carbocycles. The van der Waals surface area contributed by atoms with E-state index in [-0.39, 0.29) is 17.6 Å². The number of nitrogens with one attached hydrogen (secondary N) is 1. The third kappa shape index (κ3) is 3.49. The number of benzene rings is 1. The SMILES string of the molecule is O=C(NCc1ccc(F)cc1)[C@@H]1CCCN(c2ccc3nncn3n2)C1. The van der Waals surface area contributed by atoms with Crippen LogP contribution in [-0.2, 0) is 11.3 Å². The largest absolute Gasteiger partial charge is 0.354 e. The third-order valence-electron chi connectivity index (χ3n) is 4.64. The fraction of sp³-hybridized carbons (Fsp3) is 0.333. The number of amides is 1. The van der Waals surface area contributed by atoms with Crippen molar-refractivity contribution in [2.45, 2.75) is 19.4 Å². The molecule has 4 rings (SSSR count). The molecule has 0 aliphatic carbocycles. The van der Waals surface area contributed by atoms with E-state index in [2.05, 4.69) is 25.5 Å². The summed E-state index contributed by atoms with van der Waals surface area (Å²) in [6.07, 6.45) is 3.34. The molecule has 3 aromatic rings. The fourth-order valence-corrected chi connectivity index (χ4v) is 3.22. The number of carbonyl (C=O) groups excluding carboxylic acids is 1. The summed E-state index contributed by atoms with van der Waals surface area (Å²) in [5.41, 5.74) is 1.58. The van der Waals surface area contributed by atoms with Crippen LogP contribution < -0.4 is 10.2 Å². The molecular weight excluding hydrogens is 335 g/mol. The summed E-state index contributed by atoms with van der Waals surface area (Å²) in [4.78, 5) is 14.6. The Bertz CT molecular complexity index is 909. The molecule has 1 fully saturated rings. The third-order valence-corrected chi connectivity index (χ3v) is 4.64. The van der Waals surface area contributed by atoms with Crippen molar-refractivity contribution in [3.05, 3.63) is 54.1 Å². The predicted molar refractivity (Wildman–Crippen MR) is 94.0 cm³/mol. The summed E-state index contributed by atoms with van der Waals surface area (Å²) in [5, 5.41) is 15.2. The second-order valence-electron chi connectivity index (χ2n) is 6.45. The van der Waals surface area contributed by atoms with Crippen LogP contribution in [0.5, 0.6) is 0 Å². The van der Waals surface area contributed by atoms with Gasteiger partial charge in [-0.2, -0.15) is 4.52 Å². The number of hydrogen-bond acceptors (Lipinski definition) is 5. The van der Waals surface area contributed by atoms with Crippen molar-refractivity contribution in [3.8, 4) is 0 Å². The molecule has 7 nitrogen and oxygen atoms in total. The second kappa shape index (κ2) is 7.07. The van der Waals surface area contributed by atoms with E-state index in [0.717, 1.165) is 30.8 Å². The average Bonchev–Trinajstić information content (AvgIpc) is 3.15. The highest BCUT2D eigenvalue weighted by Gasteiger charge is 2.26. The molecule has 134 valence electrons. The average molecular weight is 354 g/mol. The molecule has 3 heterocycles. The summed E-state index contributed by atoms with van der Waals surface area (Å²) < 4.78 is 14.6. The van der Waals surface area contributed by atoms with Gasteiger partial charge in [0.05, 0.1) is 5.92 Å². The second-order valence-corrected chi connectivity index (χ2v) is 6.45. The van der Waals surface area contributed by atoms with E-state index in [0.29, 0.717) is 18.7 Å². The molecule has 2 aromatic heterocycles. The van der Waals surface area contributed by atoms with Crippen molar-refractivity contribution in [3.63, 3.8) is 0 Å². The van der Waals surface area contributed by atoms with Gasteiger partial charge in [-0.1, -0.05) is 12.1 Å². The normalized spacial score (nSPS) is 17.4. The van der Waals surface area contributed by atoms with Gasteiger partial charge < -0.3 is 10.2 Å². The van der Waals surface area contributed by atoms with Crippen LogP contribution in [0.15, 0.2) is 42.7 Å². The van der Waals surface area contributed by atoms with Crippen molar-refractivity contribution in [2.24, 2.45) is 5.92 Å². The van der Waals surface area contributed by atoms with Gasteiger partial charge >= 0.3 is 0 Å². The van der Waals surface area contributed by atoms with Gasteiger partial charge in [-0.25, -0.2) is 4.39 Å². The highest BCUT2D eigenvalue weighted by molar-refractivity contribution is 5.79. The van der Waals surface area contributed by atoms with Gasteiger partial charge in [-0.15, -0.1) is 15.3 Å². The van der Waals surface area contributed by atoms with Crippen LogP contribution in [0.1, 0.15) is 18.4 Å². The first-order chi connectivity index (χ1) is 12.7. The molecule has 8 heteroatoms. The highest BCUT2D eigenvalue weighted by atomic mass is 19.1. The first kappa shape index (κ1) is 16.4. The zero-order valence-corrected chi connectivity index (χ0v) is 14.2. The molecule has 1 amide bonds. The van der Waals surface area contributed by atoms with E-state index in [1.165, 1.54) is 12.1 Å². The number of carbonyl (C=O) groups is 1. The van der Waals surface area contributed by atoms with Crippen molar-refractivity contribution in [1.29, 1.82) is 0 Å². The van der Waals surface area contributed by atoms with Crippen LogP contribution in [0.2, 0.25) is 0 Å². The van der Waals surface area contributed by atoms with E-state index in [9.17, 15) is 9.18 Å². The van der Waals surface area contributed by atoms with Gasteiger partial charge in [-0.05, 0) is 42.7 Å². The van der Waals surface area contributed by atoms with E-state index in [1.807, 2.05) is 12.1 Å². The maximum Gasteiger partial charge on any atom is 0.225 e. The maximum absolute atomic E-state index is 12.9. The highest BCUT2D eigenvalue weighted by Crippen LogP contribution is 2.22. The van der Waals surface area contributed by atoms with E-state index in [1.54, 1.807) is 23.0 Å². The zero-order valence-electron chi connectivity index (χ0n) is 14.2. The van der Waals surface area contributed by atoms with Gasteiger partial charge in [0.2, 0.25) is 5.91 Å². The predicted octanol–water partition coefficient (Wildman–Crippen LogP) is 1.80. The summed E-state index contributed by atoms with van der Waals surface area (Å²) in [6.45, 7) is 1.89. The molecule has 1 atom stereocenters. The molecule has 0 radical (unpaired) electrons. The van der Waals surface area contributed by atoms with Crippen LogP contribution in [0.25, 0.3) is 5.65 Å². The Balaban J connectivity index is 1.39. The lowest BCUT2D eigenvalue weighted by Crippen LogP contribution is -2.43. The number of fused-ring (bicyclic) bond motifs is 1. The van der Waals surface area contributed by atoms with Crippen molar-refractivity contribution >= 4 is 17.4 Å². The van der Waals surface area contributed by atoms with E-state index < -0.39 is 0 Å². The summed E-state index contributed by atoms with van der Waals surface area (Å²) in [6, 6.07) is 9.94. The number of halogens is 1. The van der Waals surface area contributed by atoms with Crippen molar-refractivity contribution in [1.82, 2.24) is 25.1 Å². The van der Waals surface area contributed by atoms with Crippen LogP contribution in [0, 0.1) is 11.7 Å². The Morgan fingerprint density at radius 3 is 2.92 bits per heavy atom. The molecule has 26 heavy (non-hydrogen) atoms. The van der Waals surface area contributed by atoms with E-state index in [4.69, 9.17) is 0 Å². The molecule has 1 saturated heterocycles. The molecule has 1 aromatic carbocycles. The number of anilines is 1. The minimum atomic E-state index is -0.277. The summed E-state index contributed by atoms with van der Waals surface area (Å²) in [5.74, 6) is 0.459. The minimum Gasteiger partial charge on any atom is -0.354 e. The topological polar surface area (TPSA) is 75.4 Å². The van der Waals surface area contributed by atoms with Gasteiger partial charge in [0, 0.05) is 19.6 Å². The van der Waals surface area contributed by atoms with Gasteiger partial charge in [0.15, 0.2) is 5.65 Å². The molecule has 1 aliphatic rings. The number of rotatable bonds is 4. The standard InChI is InChI=1S/C18H19FN6O/c19-15-5-3-13(4-6-15)10-20-18(26)14-2-1-9-24(11-14)17-8-7-16-22-21-12-25(16)23-17/h3-8,12,14H,1-2,9-11H2,(H,20,26)/t14-/m1/s1. The Kier molecular flexibility index (Phi) is 4.47. The Morgan fingerprint density at radius 1 is 1.23 bits per heavy atom. The molecule has 0 unspecified atom stereocenters. The number of aromatic nitrogens is 4. The zero-order chi connectivity index (χ0) is 17.9. The monoisotopic (exact) mass is 354 g/mol. The minimum absolute atomic E-state index is 0.0180. The van der Waals surface area contributed by atoms with Gasteiger partial charge in [0.1, 0.15) is 18.0 Å². The molecule has 0 bridgehead atoms. The Labute approximate surface area is 149 Å². The quantitative estimate of drug-likeness (QED) is 0.773. The number of hydrogen-bond donors (Lipinski definition) is 1. The summed E-state index contributed by atoms with van der Waals surface area (Å²) >= 11 is 0. The molecular formula is C18H19FN6O. The molecule has 1 N–H and O–H groups in total. The van der Waals surface area contributed by atoms with Gasteiger partial charge in [0.25, 0.3) is 0 Å². The Morgan fingerprint density at radius 2 is 2.08 bits per heavy atom. The Hall–Kier alpha value is -3.03. The smallest absolute Gasteiger partial charge is 0.225 e. The lowest BCUT2D eigenvalue weighted by atomic mass is 9.97. The lowest BCUT2D eigenvalue weighted by molar-refractivity contribution is -0.125. The van der Waals surface area contributed by atoms with Crippen molar-refractivity contribution < 1.29 is 9.18 Å². The fourth-order valence-electron chi connectivity index (χ4n) is 3.22. The van der Waals surface area contributed by atoms with Gasteiger partial charge in [-0.3, -0.25) is 4.79 Å². The first-order valence-electron chi connectivity index (χ1n) is 8.63. The van der Waals surface area contributed by atoms with Crippen LogP contribution in [-0.4, -0.2) is 38.8 Å². The lowest BCUT2D eigenvalue weighted by Gasteiger charge is -2.32. The van der Waals surface area contributed by atoms with Crippen LogP contribution >= 0.6 is 0 Å². The number of piperidine rings is 1.